The molecule has 1 aliphatic carbocycles. The average Bonchev–Trinajstić information content (AvgIpc) is 3.31. The lowest BCUT2D eigenvalue weighted by molar-refractivity contribution is 0.0945. The molecule has 1 saturated carbocycles. The van der Waals surface area contributed by atoms with Crippen LogP contribution in [-0.4, -0.2) is 21.9 Å². The number of nitrogens with zero attached hydrogens (tertiary/aromatic N) is 2. The Balaban J connectivity index is 1.85. The Labute approximate surface area is 136 Å². The first-order valence-electron chi connectivity index (χ1n) is 8.05. The Morgan fingerprint density at radius 3 is 2.65 bits per heavy atom. The number of carbonyl (C=O) groups excluding carboxylic acids is 1. The zero-order valence-corrected chi connectivity index (χ0v) is 13.8. The molecule has 23 heavy (non-hydrogen) atoms. The summed E-state index contributed by atoms with van der Waals surface area (Å²) >= 11 is 0. The van der Waals surface area contributed by atoms with Gasteiger partial charge in [0, 0.05) is 17.8 Å². The summed E-state index contributed by atoms with van der Waals surface area (Å²) in [7, 11) is 0. The van der Waals surface area contributed by atoms with Gasteiger partial charge in [-0.05, 0) is 37.3 Å². The summed E-state index contributed by atoms with van der Waals surface area (Å²) in [5, 5.41) is 6.29. The third kappa shape index (κ3) is 3.86. The summed E-state index contributed by atoms with van der Waals surface area (Å²) in [6, 6.07) is 10.2. The zero-order chi connectivity index (χ0) is 16.4. The molecule has 0 bridgehead atoms. The highest BCUT2D eigenvalue weighted by molar-refractivity contribution is 5.93. The Kier molecular flexibility index (Phi) is 4.28. The fourth-order valence-electron chi connectivity index (χ4n) is 2.49. The molecule has 1 aliphatic rings. The van der Waals surface area contributed by atoms with E-state index in [2.05, 4.69) is 40.5 Å². The van der Waals surface area contributed by atoms with Crippen molar-refractivity contribution in [3.05, 3.63) is 47.4 Å². The van der Waals surface area contributed by atoms with Crippen molar-refractivity contribution in [1.82, 2.24) is 15.3 Å². The smallest absolute Gasteiger partial charge is 0.270 e. The van der Waals surface area contributed by atoms with Crippen LogP contribution in [0, 0.1) is 6.92 Å². The fraction of sp³-hybridized carbons (Fsp3) is 0.389. The minimum atomic E-state index is -0.127. The molecule has 5 heteroatoms. The van der Waals surface area contributed by atoms with Crippen molar-refractivity contribution in [2.24, 2.45) is 0 Å². The summed E-state index contributed by atoms with van der Waals surface area (Å²) in [5.74, 6) is 1.50. The van der Waals surface area contributed by atoms with Crippen molar-refractivity contribution in [2.45, 2.75) is 45.6 Å². The monoisotopic (exact) mass is 310 g/mol. The zero-order valence-electron chi connectivity index (χ0n) is 13.8. The molecule has 3 rings (SSSR count). The molecule has 0 radical (unpaired) electrons. The van der Waals surface area contributed by atoms with Crippen LogP contribution in [0.3, 0.4) is 0 Å². The van der Waals surface area contributed by atoms with E-state index in [-0.39, 0.29) is 5.91 Å². The van der Waals surface area contributed by atoms with Crippen LogP contribution in [0.1, 0.15) is 54.5 Å². The molecule has 0 unspecified atom stereocenters. The molecule has 1 heterocycles. The quantitative estimate of drug-likeness (QED) is 0.886. The highest BCUT2D eigenvalue weighted by atomic mass is 16.2. The summed E-state index contributed by atoms with van der Waals surface area (Å²) in [4.78, 5) is 20.9. The molecule has 1 aromatic heterocycles. The molecular weight excluding hydrogens is 288 g/mol. The van der Waals surface area contributed by atoms with E-state index in [1.54, 1.807) is 13.0 Å². The molecule has 0 saturated heterocycles. The van der Waals surface area contributed by atoms with Gasteiger partial charge in [0.05, 0.1) is 0 Å². The van der Waals surface area contributed by atoms with Crippen LogP contribution in [0.15, 0.2) is 30.3 Å². The van der Waals surface area contributed by atoms with Crippen LogP contribution in [0.4, 0.5) is 11.5 Å². The number of hydrogen-bond donors (Lipinski definition) is 2. The molecule has 2 N–H and O–H groups in total. The molecule has 120 valence electrons. The molecule has 1 fully saturated rings. The van der Waals surface area contributed by atoms with Crippen LogP contribution in [0.25, 0.3) is 0 Å². The second-order valence-electron chi connectivity index (χ2n) is 6.30. The summed E-state index contributed by atoms with van der Waals surface area (Å²) in [6.45, 7) is 6.11. The van der Waals surface area contributed by atoms with Crippen molar-refractivity contribution in [3.63, 3.8) is 0 Å². The normalized spacial score (nSPS) is 13.9. The molecule has 0 spiro atoms. The first-order chi connectivity index (χ1) is 11.0. The standard InChI is InChI=1S/C18H22N4O/c1-11(2)14-6-4-5-7-15(14)22-17-10-16(19-12(3)20-17)18(23)21-13-8-9-13/h4-7,10-11,13H,8-9H2,1-3H3,(H,21,23)(H,19,20,22). The minimum absolute atomic E-state index is 0.127. The lowest BCUT2D eigenvalue weighted by Crippen LogP contribution is -2.26. The Hall–Kier alpha value is -2.43. The topological polar surface area (TPSA) is 66.9 Å². The summed E-state index contributed by atoms with van der Waals surface area (Å²) < 4.78 is 0. The van der Waals surface area contributed by atoms with Crippen molar-refractivity contribution in [2.75, 3.05) is 5.32 Å². The van der Waals surface area contributed by atoms with E-state index < -0.39 is 0 Å². The van der Waals surface area contributed by atoms with E-state index in [1.807, 2.05) is 18.2 Å². The van der Waals surface area contributed by atoms with Crippen molar-refractivity contribution >= 4 is 17.4 Å². The SMILES string of the molecule is Cc1nc(Nc2ccccc2C(C)C)cc(C(=O)NC2CC2)n1. The van der Waals surface area contributed by atoms with E-state index in [1.165, 1.54) is 5.56 Å². The number of para-hydroxylation sites is 1. The highest BCUT2D eigenvalue weighted by Crippen LogP contribution is 2.26. The van der Waals surface area contributed by atoms with Gasteiger partial charge >= 0.3 is 0 Å². The van der Waals surface area contributed by atoms with Gasteiger partial charge in [-0.3, -0.25) is 4.79 Å². The van der Waals surface area contributed by atoms with E-state index in [0.29, 0.717) is 29.3 Å². The van der Waals surface area contributed by atoms with Gasteiger partial charge in [0.15, 0.2) is 0 Å². The van der Waals surface area contributed by atoms with Gasteiger partial charge in [-0.25, -0.2) is 9.97 Å². The van der Waals surface area contributed by atoms with Gasteiger partial charge in [-0.2, -0.15) is 0 Å². The Morgan fingerprint density at radius 2 is 1.96 bits per heavy atom. The third-order valence-corrected chi connectivity index (χ3v) is 3.83. The molecule has 1 aromatic carbocycles. The van der Waals surface area contributed by atoms with Gasteiger partial charge in [-0.15, -0.1) is 0 Å². The number of carbonyl (C=O) groups is 1. The molecule has 2 aromatic rings. The van der Waals surface area contributed by atoms with E-state index in [9.17, 15) is 4.79 Å². The Morgan fingerprint density at radius 1 is 1.22 bits per heavy atom. The van der Waals surface area contributed by atoms with Crippen molar-refractivity contribution < 1.29 is 4.79 Å². The maximum Gasteiger partial charge on any atom is 0.270 e. The maximum absolute atomic E-state index is 12.2. The van der Waals surface area contributed by atoms with E-state index in [4.69, 9.17) is 0 Å². The highest BCUT2D eigenvalue weighted by Gasteiger charge is 2.24. The minimum Gasteiger partial charge on any atom is -0.348 e. The number of rotatable bonds is 5. The van der Waals surface area contributed by atoms with Gasteiger partial charge in [-0.1, -0.05) is 32.0 Å². The first kappa shape index (κ1) is 15.5. The predicted octanol–water partition coefficient (Wildman–Crippen LogP) is 3.54. The average molecular weight is 310 g/mol. The van der Waals surface area contributed by atoms with Crippen LogP contribution in [-0.2, 0) is 0 Å². The van der Waals surface area contributed by atoms with Crippen LogP contribution < -0.4 is 10.6 Å². The summed E-state index contributed by atoms with van der Waals surface area (Å²) in [5.41, 5.74) is 2.64. The largest absolute Gasteiger partial charge is 0.348 e. The molecular formula is C18H22N4O. The Bertz CT molecular complexity index is 723. The first-order valence-corrected chi connectivity index (χ1v) is 8.05. The lowest BCUT2D eigenvalue weighted by atomic mass is 10.0. The predicted molar refractivity (Wildman–Crippen MR) is 91.1 cm³/mol. The fourth-order valence-corrected chi connectivity index (χ4v) is 2.49. The number of hydrogen-bond acceptors (Lipinski definition) is 4. The second-order valence-corrected chi connectivity index (χ2v) is 6.30. The lowest BCUT2D eigenvalue weighted by Gasteiger charge is -2.14. The second kappa shape index (κ2) is 6.36. The van der Waals surface area contributed by atoms with Gasteiger partial charge in [0.2, 0.25) is 0 Å². The number of aryl methyl sites for hydroxylation is 1. The van der Waals surface area contributed by atoms with Crippen LogP contribution >= 0.6 is 0 Å². The number of nitrogens with one attached hydrogen (secondary N) is 2. The van der Waals surface area contributed by atoms with Crippen molar-refractivity contribution in [3.8, 4) is 0 Å². The third-order valence-electron chi connectivity index (χ3n) is 3.83. The van der Waals surface area contributed by atoms with E-state index >= 15 is 0 Å². The van der Waals surface area contributed by atoms with Crippen LogP contribution in [0.2, 0.25) is 0 Å². The number of amides is 1. The molecule has 0 aliphatic heterocycles. The molecule has 5 nitrogen and oxygen atoms in total. The van der Waals surface area contributed by atoms with Crippen molar-refractivity contribution in [1.29, 1.82) is 0 Å². The van der Waals surface area contributed by atoms with Gasteiger partial charge in [0.25, 0.3) is 5.91 Å². The maximum atomic E-state index is 12.2. The van der Waals surface area contributed by atoms with E-state index in [0.717, 1.165) is 18.5 Å². The molecule has 0 atom stereocenters. The van der Waals surface area contributed by atoms with Gasteiger partial charge in [0.1, 0.15) is 17.3 Å². The van der Waals surface area contributed by atoms with Crippen LogP contribution in [0.5, 0.6) is 0 Å². The molecule has 1 amide bonds. The number of anilines is 2. The number of benzene rings is 1. The van der Waals surface area contributed by atoms with Gasteiger partial charge < -0.3 is 10.6 Å². The number of aromatic nitrogens is 2. The summed E-state index contributed by atoms with van der Waals surface area (Å²) in [6.07, 6.45) is 2.12.